The van der Waals surface area contributed by atoms with Gasteiger partial charge >= 0.3 is 6.03 Å². The zero-order valence-corrected chi connectivity index (χ0v) is 20.0. The second-order valence-electron chi connectivity index (χ2n) is 9.60. The fraction of sp³-hybridized carbons (Fsp3) is 0.462. The van der Waals surface area contributed by atoms with Crippen molar-refractivity contribution < 1.29 is 14.3 Å². The molecule has 2 aromatic carbocycles. The van der Waals surface area contributed by atoms with E-state index in [0.29, 0.717) is 29.1 Å². The summed E-state index contributed by atoms with van der Waals surface area (Å²) in [5.41, 5.74) is 3.08. The molecule has 2 aromatic rings. The molecule has 3 amide bonds. The number of amides is 3. The third kappa shape index (κ3) is 5.00. The summed E-state index contributed by atoms with van der Waals surface area (Å²) >= 11 is 5.89. The first-order valence-corrected chi connectivity index (χ1v) is 12.5. The lowest BCUT2D eigenvalue weighted by molar-refractivity contribution is -0.121. The number of anilines is 3. The molecule has 180 valence electrons. The summed E-state index contributed by atoms with van der Waals surface area (Å²) in [6.07, 6.45) is 4.98. The van der Waals surface area contributed by atoms with E-state index < -0.39 is 12.1 Å². The van der Waals surface area contributed by atoms with Crippen molar-refractivity contribution in [3.63, 3.8) is 0 Å². The van der Waals surface area contributed by atoms with Gasteiger partial charge in [0.1, 0.15) is 6.04 Å². The molecule has 5 rings (SSSR count). The van der Waals surface area contributed by atoms with Gasteiger partial charge in [0, 0.05) is 48.3 Å². The van der Waals surface area contributed by atoms with Crippen molar-refractivity contribution in [2.24, 2.45) is 5.41 Å². The first-order valence-electron chi connectivity index (χ1n) is 12.1. The third-order valence-electron chi connectivity index (χ3n) is 7.38. The van der Waals surface area contributed by atoms with Crippen molar-refractivity contribution in [1.82, 2.24) is 5.32 Å². The molecule has 0 aliphatic carbocycles. The predicted octanol–water partition coefficient (Wildman–Crippen LogP) is 4.66. The molecule has 3 saturated heterocycles. The molecule has 1 atom stereocenters. The molecule has 3 heterocycles. The van der Waals surface area contributed by atoms with Crippen LogP contribution < -0.4 is 20.4 Å². The summed E-state index contributed by atoms with van der Waals surface area (Å²) in [4.78, 5) is 29.8. The lowest BCUT2D eigenvalue weighted by Gasteiger charge is -2.39. The van der Waals surface area contributed by atoms with E-state index in [4.69, 9.17) is 16.3 Å². The predicted molar refractivity (Wildman–Crippen MR) is 135 cm³/mol. The highest BCUT2D eigenvalue weighted by molar-refractivity contribution is 6.30. The minimum Gasteiger partial charge on any atom is -0.381 e. The highest BCUT2D eigenvalue weighted by Crippen LogP contribution is 2.40. The Labute approximate surface area is 205 Å². The molecular formula is C26H31ClN4O3. The monoisotopic (exact) mass is 482 g/mol. The molecular weight excluding hydrogens is 452 g/mol. The average molecular weight is 483 g/mol. The number of ether oxygens (including phenoxy) is 1. The quantitative estimate of drug-likeness (QED) is 0.664. The van der Waals surface area contributed by atoms with Gasteiger partial charge in [-0.05, 0) is 86.1 Å². The van der Waals surface area contributed by atoms with E-state index in [9.17, 15) is 9.59 Å². The van der Waals surface area contributed by atoms with Crippen LogP contribution in [-0.2, 0) is 9.53 Å². The number of nitrogens with one attached hydrogen (secondary N) is 2. The molecule has 1 unspecified atom stereocenters. The molecule has 0 aromatic heterocycles. The van der Waals surface area contributed by atoms with E-state index in [1.165, 1.54) is 24.9 Å². The lowest BCUT2D eigenvalue weighted by atomic mass is 9.78. The number of benzene rings is 2. The van der Waals surface area contributed by atoms with Crippen molar-refractivity contribution in [2.45, 2.75) is 38.1 Å². The molecule has 1 spiro atoms. The number of urea groups is 1. The van der Waals surface area contributed by atoms with E-state index in [1.807, 2.05) is 12.1 Å². The van der Waals surface area contributed by atoms with Crippen LogP contribution in [0.2, 0.25) is 5.02 Å². The second kappa shape index (κ2) is 9.84. The van der Waals surface area contributed by atoms with Gasteiger partial charge in [0.15, 0.2) is 0 Å². The summed E-state index contributed by atoms with van der Waals surface area (Å²) < 4.78 is 5.65. The van der Waals surface area contributed by atoms with E-state index in [-0.39, 0.29) is 5.91 Å². The third-order valence-corrected chi connectivity index (χ3v) is 7.63. The normalized spacial score (nSPS) is 22.1. The van der Waals surface area contributed by atoms with Gasteiger partial charge in [-0.15, -0.1) is 0 Å². The van der Waals surface area contributed by atoms with Crippen LogP contribution in [0.5, 0.6) is 0 Å². The number of carbonyl (C=O) groups excluding carboxylic acids is 2. The number of rotatable bonds is 4. The highest BCUT2D eigenvalue weighted by Gasteiger charge is 2.38. The topological polar surface area (TPSA) is 73.9 Å². The van der Waals surface area contributed by atoms with E-state index >= 15 is 0 Å². The van der Waals surface area contributed by atoms with Crippen molar-refractivity contribution in [2.75, 3.05) is 48.0 Å². The van der Waals surface area contributed by atoms with Crippen molar-refractivity contribution in [3.05, 3.63) is 53.6 Å². The lowest BCUT2D eigenvalue weighted by Crippen LogP contribution is -2.53. The van der Waals surface area contributed by atoms with Crippen LogP contribution in [0, 0.1) is 5.41 Å². The van der Waals surface area contributed by atoms with Gasteiger partial charge in [0.2, 0.25) is 5.91 Å². The van der Waals surface area contributed by atoms with Crippen LogP contribution in [0.15, 0.2) is 48.5 Å². The molecule has 3 aliphatic rings. The fourth-order valence-corrected chi connectivity index (χ4v) is 5.38. The summed E-state index contributed by atoms with van der Waals surface area (Å²) in [5.74, 6) is -0.0774. The Morgan fingerprint density at radius 2 is 1.68 bits per heavy atom. The van der Waals surface area contributed by atoms with Crippen LogP contribution in [0.3, 0.4) is 0 Å². The number of carbonyl (C=O) groups is 2. The van der Waals surface area contributed by atoms with E-state index in [2.05, 4.69) is 27.7 Å². The van der Waals surface area contributed by atoms with Crippen LogP contribution in [0.1, 0.15) is 32.1 Å². The van der Waals surface area contributed by atoms with Gasteiger partial charge in [-0.25, -0.2) is 4.79 Å². The fourth-order valence-electron chi connectivity index (χ4n) is 5.25. The highest BCUT2D eigenvalue weighted by atomic mass is 35.5. The first kappa shape index (κ1) is 23.0. The molecule has 3 aliphatic heterocycles. The maximum absolute atomic E-state index is 13.1. The molecule has 34 heavy (non-hydrogen) atoms. The SMILES string of the molecule is O=C(Nc1ccc(Cl)cc1)NC1CCCN(c2ccc(N3CCC4(CCOC4)CC3)cc2)C1=O. The maximum Gasteiger partial charge on any atom is 0.319 e. The number of nitrogens with zero attached hydrogens (tertiary/aromatic N) is 2. The second-order valence-corrected chi connectivity index (χ2v) is 10.0. The van der Waals surface area contributed by atoms with Crippen LogP contribution in [-0.4, -0.2) is 50.8 Å². The van der Waals surface area contributed by atoms with E-state index in [1.54, 1.807) is 29.2 Å². The smallest absolute Gasteiger partial charge is 0.319 e. The van der Waals surface area contributed by atoms with Gasteiger partial charge < -0.3 is 25.2 Å². The average Bonchev–Trinajstić information content (AvgIpc) is 3.30. The van der Waals surface area contributed by atoms with Crippen LogP contribution in [0.25, 0.3) is 0 Å². The van der Waals surface area contributed by atoms with Gasteiger partial charge in [0.25, 0.3) is 0 Å². The largest absolute Gasteiger partial charge is 0.381 e. The molecule has 0 saturated carbocycles. The summed E-state index contributed by atoms with van der Waals surface area (Å²) in [6.45, 7) is 4.54. The Kier molecular flexibility index (Phi) is 6.66. The van der Waals surface area contributed by atoms with Crippen LogP contribution >= 0.6 is 11.6 Å². The van der Waals surface area contributed by atoms with Crippen molar-refractivity contribution in [3.8, 4) is 0 Å². The Balaban J connectivity index is 1.18. The van der Waals surface area contributed by atoms with Gasteiger partial charge in [-0.1, -0.05) is 11.6 Å². The Morgan fingerprint density at radius 3 is 2.35 bits per heavy atom. The first-order chi connectivity index (χ1) is 16.5. The molecule has 2 N–H and O–H groups in total. The number of halogens is 1. The Bertz CT molecular complexity index is 1010. The number of piperidine rings is 2. The zero-order chi connectivity index (χ0) is 23.5. The summed E-state index contributed by atoms with van der Waals surface area (Å²) in [6, 6.07) is 14.2. The molecule has 3 fully saturated rings. The maximum atomic E-state index is 13.1. The Hall–Kier alpha value is -2.77. The van der Waals surface area contributed by atoms with Gasteiger partial charge in [0.05, 0.1) is 6.61 Å². The molecule has 0 bridgehead atoms. The van der Waals surface area contributed by atoms with Crippen LogP contribution in [0.4, 0.5) is 21.9 Å². The molecule has 0 radical (unpaired) electrons. The molecule has 7 nitrogen and oxygen atoms in total. The Morgan fingerprint density at radius 1 is 0.971 bits per heavy atom. The number of hydrogen-bond acceptors (Lipinski definition) is 4. The minimum absolute atomic E-state index is 0.0774. The number of hydrogen-bond donors (Lipinski definition) is 2. The van der Waals surface area contributed by atoms with Gasteiger partial charge in [-0.2, -0.15) is 0 Å². The van der Waals surface area contributed by atoms with Crippen molar-refractivity contribution >= 4 is 40.6 Å². The molecule has 8 heteroatoms. The van der Waals surface area contributed by atoms with E-state index in [0.717, 1.165) is 38.4 Å². The van der Waals surface area contributed by atoms with Crippen molar-refractivity contribution in [1.29, 1.82) is 0 Å². The zero-order valence-electron chi connectivity index (χ0n) is 19.3. The summed E-state index contributed by atoms with van der Waals surface area (Å²) in [7, 11) is 0. The minimum atomic E-state index is -0.548. The standard InChI is InChI=1S/C26H31ClN4O3/c27-19-3-5-20(6-4-19)28-25(33)29-23-2-1-14-31(24(23)32)22-9-7-21(8-10-22)30-15-11-26(12-16-30)13-17-34-18-26/h3-10,23H,1-2,11-18H2,(H2,28,29,33). The van der Waals surface area contributed by atoms with Gasteiger partial charge in [-0.3, -0.25) is 4.79 Å². The summed E-state index contributed by atoms with van der Waals surface area (Å²) in [5, 5.41) is 6.19.